The summed E-state index contributed by atoms with van der Waals surface area (Å²) in [6, 6.07) is 1.51. The molecule has 5 heteroatoms. The Balaban J connectivity index is 2.94. The summed E-state index contributed by atoms with van der Waals surface area (Å²) >= 11 is 0. The van der Waals surface area contributed by atoms with Crippen LogP contribution >= 0.6 is 0 Å². The van der Waals surface area contributed by atoms with Gasteiger partial charge in [0.1, 0.15) is 5.75 Å². The van der Waals surface area contributed by atoms with Gasteiger partial charge in [0, 0.05) is 6.20 Å². The van der Waals surface area contributed by atoms with Crippen LogP contribution in [0.25, 0.3) is 0 Å². The molecule has 0 unspecified atom stereocenters. The van der Waals surface area contributed by atoms with Crippen LogP contribution in [0.2, 0.25) is 0 Å². The predicted molar refractivity (Wildman–Crippen MR) is 41.9 cm³/mol. The van der Waals surface area contributed by atoms with Gasteiger partial charge in [-0.1, -0.05) is 0 Å². The number of nitrogens with zero attached hydrogens (tertiary/aromatic N) is 1. The molecular formula is C8H8F2NO2. The summed E-state index contributed by atoms with van der Waals surface area (Å²) in [6.07, 6.45) is 1.31. The highest BCUT2D eigenvalue weighted by Gasteiger charge is 2.11. The lowest BCUT2D eigenvalue weighted by molar-refractivity contribution is -0.0532. The quantitative estimate of drug-likeness (QED) is 0.725. The number of rotatable bonds is 3. The van der Waals surface area contributed by atoms with Gasteiger partial charge in [-0.05, 0) is 13.0 Å². The maximum Gasteiger partial charge on any atom is 0.388 e. The van der Waals surface area contributed by atoms with E-state index in [1.807, 2.05) is 0 Å². The van der Waals surface area contributed by atoms with Crippen molar-refractivity contribution in [1.82, 2.24) is 4.98 Å². The molecule has 0 fully saturated rings. The summed E-state index contributed by atoms with van der Waals surface area (Å²) in [5.41, 5.74) is 0.213. The molecule has 1 rings (SSSR count). The number of alkyl halides is 2. The first-order valence-electron chi connectivity index (χ1n) is 3.45. The van der Waals surface area contributed by atoms with E-state index < -0.39 is 6.61 Å². The summed E-state index contributed by atoms with van der Waals surface area (Å²) in [6.45, 7) is 0.596. The van der Waals surface area contributed by atoms with Crippen molar-refractivity contribution in [3.63, 3.8) is 0 Å². The summed E-state index contributed by atoms with van der Waals surface area (Å²) in [5, 5.41) is 0. The first-order valence-corrected chi connectivity index (χ1v) is 3.45. The van der Waals surface area contributed by atoms with Crippen molar-refractivity contribution in [2.75, 3.05) is 7.11 Å². The van der Waals surface area contributed by atoms with Crippen molar-refractivity contribution < 1.29 is 18.3 Å². The molecule has 3 nitrogen and oxygen atoms in total. The van der Waals surface area contributed by atoms with Crippen molar-refractivity contribution in [1.29, 1.82) is 0 Å². The normalized spacial score (nSPS) is 10.2. The van der Waals surface area contributed by atoms with Crippen molar-refractivity contribution >= 4 is 0 Å². The molecule has 0 saturated carbocycles. The average molecular weight is 188 g/mol. The minimum absolute atomic E-state index is 0.213. The molecule has 1 aromatic heterocycles. The molecule has 71 valence electrons. The second-order valence-electron chi connectivity index (χ2n) is 2.18. The van der Waals surface area contributed by atoms with E-state index in [-0.39, 0.29) is 11.4 Å². The second-order valence-corrected chi connectivity index (χ2v) is 2.18. The molecule has 1 radical (unpaired) electrons. The number of hydrogen-bond donors (Lipinski definition) is 0. The molecule has 0 atom stereocenters. The molecule has 1 heterocycles. The molecular weight excluding hydrogens is 180 g/mol. The van der Waals surface area contributed by atoms with Crippen molar-refractivity contribution in [3.8, 4) is 11.6 Å². The molecule has 13 heavy (non-hydrogen) atoms. The Morgan fingerprint density at radius 3 is 2.77 bits per heavy atom. The SMILES string of the molecule is [CH2]c1c(OC)ccnc1OC(F)F. The predicted octanol–water partition coefficient (Wildman–Crippen LogP) is 1.87. The largest absolute Gasteiger partial charge is 0.496 e. The highest BCUT2D eigenvalue weighted by Crippen LogP contribution is 2.25. The van der Waals surface area contributed by atoms with Crippen LogP contribution in [0.4, 0.5) is 8.78 Å². The Hall–Kier alpha value is -1.39. The minimum atomic E-state index is -2.90. The fourth-order valence-electron chi connectivity index (χ4n) is 0.834. The maximum atomic E-state index is 11.8. The van der Waals surface area contributed by atoms with Gasteiger partial charge in [0.15, 0.2) is 0 Å². The van der Waals surface area contributed by atoms with Gasteiger partial charge >= 0.3 is 6.61 Å². The molecule has 0 aliphatic carbocycles. The molecule has 0 N–H and O–H groups in total. The van der Waals surface area contributed by atoms with Gasteiger partial charge in [-0.15, -0.1) is 0 Å². The van der Waals surface area contributed by atoms with Gasteiger partial charge in [-0.25, -0.2) is 4.98 Å². The zero-order valence-corrected chi connectivity index (χ0v) is 6.96. The fourth-order valence-corrected chi connectivity index (χ4v) is 0.834. The summed E-state index contributed by atoms with van der Waals surface area (Å²) in [5.74, 6) is 0.153. The smallest absolute Gasteiger partial charge is 0.388 e. The Kier molecular flexibility index (Phi) is 3.00. The van der Waals surface area contributed by atoms with E-state index in [0.29, 0.717) is 5.75 Å². The lowest BCUT2D eigenvalue weighted by Crippen LogP contribution is -2.05. The third-order valence-corrected chi connectivity index (χ3v) is 1.39. The number of pyridine rings is 1. The second kappa shape index (κ2) is 4.02. The average Bonchev–Trinajstić information content (AvgIpc) is 2.08. The molecule has 0 saturated heterocycles. The van der Waals surface area contributed by atoms with Crippen LogP contribution in [0, 0.1) is 6.92 Å². The molecule has 0 aromatic carbocycles. The van der Waals surface area contributed by atoms with E-state index >= 15 is 0 Å². The van der Waals surface area contributed by atoms with Crippen LogP contribution in [0.3, 0.4) is 0 Å². The molecule has 0 bridgehead atoms. The minimum Gasteiger partial charge on any atom is -0.496 e. The van der Waals surface area contributed by atoms with Gasteiger partial charge in [0.25, 0.3) is 0 Å². The van der Waals surface area contributed by atoms with Crippen LogP contribution in [0.15, 0.2) is 12.3 Å². The number of halogens is 2. The topological polar surface area (TPSA) is 31.4 Å². The monoisotopic (exact) mass is 188 g/mol. The van der Waals surface area contributed by atoms with Gasteiger partial charge < -0.3 is 9.47 Å². The van der Waals surface area contributed by atoms with Crippen LogP contribution in [0.5, 0.6) is 11.6 Å². The van der Waals surface area contributed by atoms with Crippen molar-refractivity contribution in [2.45, 2.75) is 6.61 Å². The lowest BCUT2D eigenvalue weighted by atomic mass is 10.3. The highest BCUT2D eigenvalue weighted by atomic mass is 19.3. The zero-order chi connectivity index (χ0) is 9.84. The molecule has 0 aliphatic rings. The van der Waals surface area contributed by atoms with Gasteiger partial charge in [-0.3, -0.25) is 0 Å². The van der Waals surface area contributed by atoms with E-state index in [9.17, 15) is 8.78 Å². The van der Waals surface area contributed by atoms with Crippen LogP contribution in [0.1, 0.15) is 5.56 Å². The standard InChI is InChI=1S/C8H8F2NO2/c1-5-6(12-2)3-4-11-7(5)13-8(9)10/h3-4,8H,1H2,2H3. The first-order chi connectivity index (χ1) is 6.15. The fraction of sp³-hybridized carbons (Fsp3) is 0.250. The maximum absolute atomic E-state index is 11.8. The van der Waals surface area contributed by atoms with E-state index in [1.165, 1.54) is 19.4 Å². The highest BCUT2D eigenvalue weighted by molar-refractivity contribution is 5.41. The summed E-state index contributed by atoms with van der Waals surface area (Å²) in [4.78, 5) is 3.58. The number of methoxy groups -OCH3 is 1. The van der Waals surface area contributed by atoms with Crippen LogP contribution in [-0.2, 0) is 0 Å². The summed E-state index contributed by atoms with van der Waals surface area (Å²) in [7, 11) is 1.41. The molecule has 1 aromatic rings. The Morgan fingerprint density at radius 2 is 2.23 bits per heavy atom. The molecule has 0 amide bonds. The van der Waals surface area contributed by atoms with E-state index in [2.05, 4.69) is 16.6 Å². The van der Waals surface area contributed by atoms with E-state index in [4.69, 9.17) is 4.74 Å². The number of aromatic nitrogens is 1. The van der Waals surface area contributed by atoms with E-state index in [0.717, 1.165) is 0 Å². The van der Waals surface area contributed by atoms with Crippen molar-refractivity contribution in [3.05, 3.63) is 24.8 Å². The zero-order valence-electron chi connectivity index (χ0n) is 6.96. The number of hydrogen-bond acceptors (Lipinski definition) is 3. The molecule has 0 spiro atoms. The Bertz CT molecular complexity index is 291. The molecule has 0 aliphatic heterocycles. The van der Waals surface area contributed by atoms with Gasteiger partial charge in [-0.2, -0.15) is 8.78 Å². The summed E-state index contributed by atoms with van der Waals surface area (Å²) < 4.78 is 32.6. The van der Waals surface area contributed by atoms with Crippen LogP contribution < -0.4 is 9.47 Å². The lowest BCUT2D eigenvalue weighted by Gasteiger charge is -2.08. The van der Waals surface area contributed by atoms with Gasteiger partial charge in [0.05, 0.1) is 12.7 Å². The van der Waals surface area contributed by atoms with Crippen LogP contribution in [-0.4, -0.2) is 18.7 Å². The first kappa shape index (κ1) is 9.70. The third kappa shape index (κ3) is 2.27. The van der Waals surface area contributed by atoms with E-state index in [1.54, 1.807) is 0 Å². The Labute approximate surface area is 74.3 Å². The van der Waals surface area contributed by atoms with Gasteiger partial charge in [0.2, 0.25) is 5.88 Å². The van der Waals surface area contributed by atoms with Crippen molar-refractivity contribution in [2.24, 2.45) is 0 Å². The number of ether oxygens (including phenoxy) is 2. The third-order valence-electron chi connectivity index (χ3n) is 1.39. The Morgan fingerprint density at radius 1 is 1.54 bits per heavy atom.